The Balaban J connectivity index is 1.39. The van der Waals surface area contributed by atoms with Gasteiger partial charge in [0.05, 0.1) is 11.4 Å². The lowest BCUT2D eigenvalue weighted by Gasteiger charge is -2.28. The van der Waals surface area contributed by atoms with Crippen LogP contribution in [0.3, 0.4) is 0 Å². The van der Waals surface area contributed by atoms with E-state index in [-0.39, 0.29) is 18.3 Å². The summed E-state index contributed by atoms with van der Waals surface area (Å²) in [5, 5.41) is 5.65. The van der Waals surface area contributed by atoms with Gasteiger partial charge in [0.15, 0.2) is 0 Å². The number of hydrogen-bond donors (Lipinski definition) is 2. The van der Waals surface area contributed by atoms with Gasteiger partial charge in [0.25, 0.3) is 11.8 Å². The predicted octanol–water partition coefficient (Wildman–Crippen LogP) is 3.40. The molecule has 0 bridgehead atoms. The van der Waals surface area contributed by atoms with Crippen LogP contribution in [0.1, 0.15) is 28.8 Å². The average Bonchev–Trinajstić information content (AvgIpc) is 3.69. The van der Waals surface area contributed by atoms with Gasteiger partial charge in [-0.1, -0.05) is 30.3 Å². The Morgan fingerprint density at radius 2 is 1.62 bits per heavy atom. The van der Waals surface area contributed by atoms with Crippen LogP contribution in [0.5, 0.6) is 0 Å². The van der Waals surface area contributed by atoms with E-state index in [0.717, 1.165) is 5.56 Å². The van der Waals surface area contributed by atoms with E-state index in [1.165, 1.54) is 36.2 Å². The molecule has 0 unspecified atom stereocenters. The number of rotatable bonds is 6. The molecular weight excluding hydrogens is 478 g/mol. The van der Waals surface area contributed by atoms with E-state index in [1.807, 2.05) is 4.90 Å². The maximum atomic E-state index is 14.2. The molecule has 9 heteroatoms. The zero-order chi connectivity index (χ0) is 26.2. The van der Waals surface area contributed by atoms with Gasteiger partial charge in [0, 0.05) is 25.7 Å². The Bertz CT molecular complexity index is 1340. The van der Waals surface area contributed by atoms with Crippen LogP contribution in [-0.4, -0.2) is 42.9 Å². The SMILES string of the molecule is CN1C(=O)[C@H](NC(=O)C2(NC(=O)c3ccccc3)CC2)CN(Cc2ccc(F)cc2)c2ccc(F)cc21. The summed E-state index contributed by atoms with van der Waals surface area (Å²) >= 11 is 0. The predicted molar refractivity (Wildman–Crippen MR) is 135 cm³/mol. The van der Waals surface area contributed by atoms with Crippen LogP contribution in [0.2, 0.25) is 0 Å². The second kappa shape index (κ2) is 9.65. The highest BCUT2D eigenvalue weighted by atomic mass is 19.1. The molecule has 0 aromatic heterocycles. The van der Waals surface area contributed by atoms with Crippen LogP contribution in [0, 0.1) is 11.6 Å². The summed E-state index contributed by atoms with van der Waals surface area (Å²) in [6, 6.07) is 17.8. The Hall–Kier alpha value is -4.27. The lowest BCUT2D eigenvalue weighted by Crippen LogP contribution is -2.57. The Morgan fingerprint density at radius 1 is 0.946 bits per heavy atom. The smallest absolute Gasteiger partial charge is 0.252 e. The third-order valence-electron chi connectivity index (χ3n) is 6.84. The van der Waals surface area contributed by atoms with Crippen molar-refractivity contribution in [1.82, 2.24) is 10.6 Å². The van der Waals surface area contributed by atoms with Crippen molar-refractivity contribution in [3.63, 3.8) is 0 Å². The van der Waals surface area contributed by atoms with Crippen molar-refractivity contribution < 1.29 is 23.2 Å². The van der Waals surface area contributed by atoms with Crippen molar-refractivity contribution in [3.05, 3.63) is 95.6 Å². The van der Waals surface area contributed by atoms with E-state index in [0.29, 0.717) is 36.3 Å². The largest absolute Gasteiger partial charge is 0.363 e. The van der Waals surface area contributed by atoms with Gasteiger partial charge in [0.1, 0.15) is 23.2 Å². The fourth-order valence-electron chi connectivity index (χ4n) is 4.56. The van der Waals surface area contributed by atoms with Crippen molar-refractivity contribution in [2.24, 2.45) is 0 Å². The van der Waals surface area contributed by atoms with Gasteiger partial charge in [-0.05, 0) is 60.9 Å². The van der Waals surface area contributed by atoms with E-state index in [9.17, 15) is 23.2 Å². The number of anilines is 2. The number of halogens is 2. The van der Waals surface area contributed by atoms with Gasteiger partial charge in [-0.25, -0.2) is 8.78 Å². The number of likely N-dealkylation sites (N-methyl/N-ethyl adjacent to an activating group) is 1. The monoisotopic (exact) mass is 504 g/mol. The number of carbonyl (C=O) groups is 3. The molecule has 1 saturated carbocycles. The summed E-state index contributed by atoms with van der Waals surface area (Å²) in [6.07, 6.45) is 0.914. The molecule has 1 aliphatic carbocycles. The summed E-state index contributed by atoms with van der Waals surface area (Å²) in [5.74, 6) is -2.08. The highest BCUT2D eigenvalue weighted by Crippen LogP contribution is 2.37. The molecule has 5 rings (SSSR count). The number of amides is 3. The van der Waals surface area contributed by atoms with Crippen LogP contribution < -0.4 is 20.4 Å². The first-order chi connectivity index (χ1) is 17.8. The minimum Gasteiger partial charge on any atom is -0.363 e. The number of hydrogen-bond acceptors (Lipinski definition) is 4. The molecule has 1 aliphatic heterocycles. The molecule has 2 aliphatic rings. The van der Waals surface area contributed by atoms with E-state index in [1.54, 1.807) is 48.5 Å². The van der Waals surface area contributed by atoms with E-state index in [2.05, 4.69) is 10.6 Å². The molecule has 0 saturated heterocycles. The van der Waals surface area contributed by atoms with Crippen LogP contribution >= 0.6 is 0 Å². The van der Waals surface area contributed by atoms with Crippen LogP contribution in [-0.2, 0) is 16.1 Å². The Kier molecular flexibility index (Phi) is 6.37. The molecule has 1 atom stereocenters. The first-order valence-corrected chi connectivity index (χ1v) is 12.0. The second-order valence-electron chi connectivity index (χ2n) is 9.47. The number of carbonyl (C=O) groups excluding carboxylic acids is 3. The second-order valence-corrected chi connectivity index (χ2v) is 9.47. The van der Waals surface area contributed by atoms with Crippen LogP contribution in [0.4, 0.5) is 20.2 Å². The summed E-state index contributed by atoms with van der Waals surface area (Å²) in [5.41, 5.74) is 1.11. The fourth-order valence-corrected chi connectivity index (χ4v) is 4.56. The molecule has 37 heavy (non-hydrogen) atoms. The summed E-state index contributed by atoms with van der Waals surface area (Å²) in [7, 11) is 1.53. The average molecular weight is 505 g/mol. The molecule has 190 valence electrons. The van der Waals surface area contributed by atoms with Gasteiger partial charge in [-0.2, -0.15) is 0 Å². The van der Waals surface area contributed by atoms with Crippen LogP contribution in [0.25, 0.3) is 0 Å². The van der Waals surface area contributed by atoms with Gasteiger partial charge in [-0.3, -0.25) is 14.4 Å². The third kappa shape index (κ3) is 5.02. The minimum atomic E-state index is -1.08. The van der Waals surface area contributed by atoms with E-state index < -0.39 is 29.2 Å². The lowest BCUT2D eigenvalue weighted by molar-refractivity contribution is -0.129. The lowest BCUT2D eigenvalue weighted by atomic mass is 10.1. The standard InChI is InChI=1S/C28H26F2N4O3/c1-33-24-15-21(30)11-12-23(24)34(16-18-7-9-20(29)10-8-18)17-22(26(33)36)31-27(37)28(13-14-28)32-25(35)19-5-3-2-4-6-19/h2-12,15,22H,13-14,16-17H2,1H3,(H,31,37)(H,32,35)/t22-/m1/s1. The Labute approximate surface area is 213 Å². The molecule has 3 aromatic carbocycles. The highest BCUT2D eigenvalue weighted by molar-refractivity contribution is 6.05. The topological polar surface area (TPSA) is 81.8 Å². The first-order valence-electron chi connectivity index (χ1n) is 12.0. The maximum Gasteiger partial charge on any atom is 0.252 e. The van der Waals surface area contributed by atoms with Gasteiger partial charge in [-0.15, -0.1) is 0 Å². The number of nitrogens with zero attached hydrogens (tertiary/aromatic N) is 2. The third-order valence-corrected chi connectivity index (χ3v) is 6.84. The molecule has 1 fully saturated rings. The van der Waals surface area contributed by atoms with Crippen molar-refractivity contribution in [3.8, 4) is 0 Å². The molecular formula is C28H26F2N4O3. The number of nitrogens with one attached hydrogen (secondary N) is 2. The molecule has 0 spiro atoms. The number of fused-ring (bicyclic) bond motifs is 1. The molecule has 1 heterocycles. The fraction of sp³-hybridized carbons (Fsp3) is 0.250. The van der Waals surface area contributed by atoms with Crippen molar-refractivity contribution in [1.29, 1.82) is 0 Å². The van der Waals surface area contributed by atoms with Crippen LogP contribution in [0.15, 0.2) is 72.8 Å². The molecule has 2 N–H and O–H groups in total. The zero-order valence-electron chi connectivity index (χ0n) is 20.2. The normalized spacial score (nSPS) is 18.0. The summed E-state index contributed by atoms with van der Waals surface area (Å²) in [4.78, 5) is 42.6. The summed E-state index contributed by atoms with van der Waals surface area (Å²) in [6.45, 7) is 0.413. The quantitative estimate of drug-likeness (QED) is 0.539. The zero-order valence-corrected chi connectivity index (χ0v) is 20.2. The molecule has 0 radical (unpaired) electrons. The summed E-state index contributed by atoms with van der Waals surface area (Å²) < 4.78 is 27.6. The van der Waals surface area contributed by atoms with Crippen molar-refractivity contribution >= 4 is 29.1 Å². The van der Waals surface area contributed by atoms with Gasteiger partial charge < -0.3 is 20.4 Å². The van der Waals surface area contributed by atoms with E-state index >= 15 is 0 Å². The highest BCUT2D eigenvalue weighted by Gasteiger charge is 2.52. The first kappa shape index (κ1) is 24.4. The minimum absolute atomic E-state index is 0.105. The van der Waals surface area contributed by atoms with Crippen molar-refractivity contribution in [2.75, 3.05) is 23.4 Å². The molecule has 3 amide bonds. The number of benzene rings is 3. The Morgan fingerprint density at radius 3 is 2.30 bits per heavy atom. The molecule has 3 aromatic rings. The molecule has 7 nitrogen and oxygen atoms in total. The van der Waals surface area contributed by atoms with Gasteiger partial charge >= 0.3 is 0 Å². The van der Waals surface area contributed by atoms with Crippen molar-refractivity contribution in [2.45, 2.75) is 31.0 Å². The van der Waals surface area contributed by atoms with E-state index in [4.69, 9.17) is 0 Å². The van der Waals surface area contributed by atoms with Gasteiger partial charge in [0.2, 0.25) is 5.91 Å². The maximum absolute atomic E-state index is 14.2.